The smallest absolute Gasteiger partial charge is 0.266 e. The van der Waals surface area contributed by atoms with E-state index in [9.17, 15) is 18.0 Å². The van der Waals surface area contributed by atoms with Crippen LogP contribution < -0.4 is 10.6 Å². The molecule has 7 nitrogen and oxygen atoms in total. The summed E-state index contributed by atoms with van der Waals surface area (Å²) in [6.45, 7) is 6.17. The molecule has 4 aromatic rings. The van der Waals surface area contributed by atoms with Gasteiger partial charge in [0, 0.05) is 33.4 Å². The average Bonchev–Trinajstić information content (AvgIpc) is 2.99. The van der Waals surface area contributed by atoms with Crippen LogP contribution in [0.1, 0.15) is 53.7 Å². The van der Waals surface area contributed by atoms with Gasteiger partial charge in [-0.3, -0.25) is 14.1 Å². The van der Waals surface area contributed by atoms with Gasteiger partial charge in [-0.2, -0.15) is 8.42 Å². The highest BCUT2D eigenvalue weighted by Gasteiger charge is 2.22. The van der Waals surface area contributed by atoms with E-state index in [1.165, 1.54) is 0 Å². The second-order valence-corrected chi connectivity index (χ2v) is 14.5. The van der Waals surface area contributed by atoms with Crippen molar-refractivity contribution in [3.05, 3.63) is 129 Å². The molecule has 0 heterocycles. The van der Waals surface area contributed by atoms with E-state index < -0.39 is 27.7 Å². The zero-order valence-electron chi connectivity index (χ0n) is 25.8. The Labute approximate surface area is 280 Å². The summed E-state index contributed by atoms with van der Waals surface area (Å²) in [5, 5.41) is 6.60. The van der Waals surface area contributed by atoms with E-state index in [-0.39, 0.29) is 17.9 Å². The Morgan fingerprint density at radius 2 is 1.54 bits per heavy atom. The Morgan fingerprint density at radius 3 is 2.13 bits per heavy atom. The third kappa shape index (κ3) is 10.6. The van der Waals surface area contributed by atoms with Crippen molar-refractivity contribution >= 4 is 56.9 Å². The van der Waals surface area contributed by atoms with Crippen LogP contribution >= 0.6 is 23.2 Å². The number of hydrogen-bond donors (Lipinski definition) is 3. The lowest BCUT2D eigenvalue weighted by molar-refractivity contribution is -0.117. The number of benzene rings is 4. The Kier molecular flexibility index (Phi) is 11.5. The zero-order valence-corrected chi connectivity index (χ0v) is 28.1. The quantitative estimate of drug-likeness (QED) is 0.138. The standard InChI is InChI=1S/C36H36Cl2N2O5S/c1-36(2,3)19-18-24-4-8-27(9-5-24)32(22-25-6-10-28(11-7-25)34(41)39-20-21-46(43,44)45)35(42)40-30-15-12-26(13-16-30)31-17-14-29(37)23-33(31)38/h4-19,23,32H,20-22H2,1-3H3,(H,39,41)(H,40,42)(H,43,44,45). The van der Waals surface area contributed by atoms with E-state index in [0.29, 0.717) is 27.7 Å². The summed E-state index contributed by atoms with van der Waals surface area (Å²) in [5.41, 5.74) is 5.41. The number of carbonyl (C=O) groups is 2. The lowest BCUT2D eigenvalue weighted by atomic mass is 9.89. The monoisotopic (exact) mass is 678 g/mol. The Balaban J connectivity index is 1.54. The van der Waals surface area contributed by atoms with Crippen LogP contribution in [0.15, 0.2) is 97.1 Å². The maximum Gasteiger partial charge on any atom is 0.266 e. The van der Waals surface area contributed by atoms with Gasteiger partial charge in [-0.05, 0) is 70.5 Å². The van der Waals surface area contributed by atoms with Crippen molar-refractivity contribution in [1.29, 1.82) is 0 Å². The molecule has 0 aliphatic rings. The van der Waals surface area contributed by atoms with Gasteiger partial charge in [-0.1, -0.05) is 111 Å². The number of hydrogen-bond acceptors (Lipinski definition) is 4. The fourth-order valence-corrected chi connectivity index (χ4v) is 5.53. The van der Waals surface area contributed by atoms with Crippen LogP contribution in [0.3, 0.4) is 0 Å². The van der Waals surface area contributed by atoms with Gasteiger partial charge in [0.1, 0.15) is 0 Å². The number of carbonyl (C=O) groups excluding carboxylic acids is 2. The van der Waals surface area contributed by atoms with Crippen LogP contribution in [0.4, 0.5) is 5.69 Å². The van der Waals surface area contributed by atoms with Gasteiger partial charge in [0.15, 0.2) is 0 Å². The summed E-state index contributed by atoms with van der Waals surface area (Å²) in [6.07, 6.45) is 4.56. The highest BCUT2D eigenvalue weighted by molar-refractivity contribution is 7.85. The predicted octanol–water partition coefficient (Wildman–Crippen LogP) is 8.30. The molecule has 0 saturated heterocycles. The molecular weight excluding hydrogens is 643 g/mol. The van der Waals surface area contributed by atoms with Crippen LogP contribution in [-0.2, 0) is 21.3 Å². The first-order chi connectivity index (χ1) is 21.7. The molecule has 0 saturated carbocycles. The SMILES string of the molecule is CC(C)(C)C=Cc1ccc(C(Cc2ccc(C(=O)NCCS(=O)(=O)O)cc2)C(=O)Nc2ccc(-c3ccc(Cl)cc3Cl)cc2)cc1. The summed E-state index contributed by atoms with van der Waals surface area (Å²) in [5.74, 6) is -1.77. The number of amides is 2. The summed E-state index contributed by atoms with van der Waals surface area (Å²) >= 11 is 12.4. The fraction of sp³-hybridized carbons (Fsp3) is 0.222. The van der Waals surface area contributed by atoms with Gasteiger partial charge in [0.25, 0.3) is 16.0 Å². The minimum Gasteiger partial charge on any atom is -0.351 e. The first-order valence-electron chi connectivity index (χ1n) is 14.6. The highest BCUT2D eigenvalue weighted by Crippen LogP contribution is 2.31. The molecular formula is C36H36Cl2N2O5S. The Bertz CT molecular complexity index is 1810. The number of halogens is 2. The first-order valence-corrected chi connectivity index (χ1v) is 17.0. The topological polar surface area (TPSA) is 113 Å². The van der Waals surface area contributed by atoms with E-state index in [2.05, 4.69) is 43.6 Å². The van der Waals surface area contributed by atoms with Gasteiger partial charge in [0.05, 0.1) is 11.7 Å². The van der Waals surface area contributed by atoms with Crippen LogP contribution in [0, 0.1) is 5.41 Å². The van der Waals surface area contributed by atoms with Crippen LogP contribution in [0.5, 0.6) is 0 Å². The molecule has 4 aromatic carbocycles. The lowest BCUT2D eigenvalue weighted by Gasteiger charge is -2.19. The summed E-state index contributed by atoms with van der Waals surface area (Å²) in [4.78, 5) is 26.2. The molecule has 4 rings (SSSR count). The molecule has 0 aliphatic heterocycles. The minimum atomic E-state index is -4.18. The number of anilines is 1. The first kappa shape index (κ1) is 34.9. The van der Waals surface area contributed by atoms with E-state index in [4.69, 9.17) is 27.8 Å². The average molecular weight is 680 g/mol. The highest BCUT2D eigenvalue weighted by atomic mass is 35.5. The molecule has 1 unspecified atom stereocenters. The number of nitrogens with one attached hydrogen (secondary N) is 2. The maximum absolute atomic E-state index is 13.8. The molecule has 0 aliphatic carbocycles. The van der Waals surface area contributed by atoms with E-state index in [1.54, 1.807) is 36.4 Å². The minimum absolute atomic E-state index is 0.0368. The lowest BCUT2D eigenvalue weighted by Crippen LogP contribution is -2.28. The summed E-state index contributed by atoms with van der Waals surface area (Å²) in [7, 11) is -4.18. The van der Waals surface area contributed by atoms with Crippen molar-refractivity contribution < 1.29 is 22.6 Å². The molecule has 1 atom stereocenters. The largest absolute Gasteiger partial charge is 0.351 e. The molecule has 10 heteroatoms. The maximum atomic E-state index is 13.8. The van der Waals surface area contributed by atoms with Gasteiger partial charge >= 0.3 is 0 Å². The molecule has 2 amide bonds. The molecule has 46 heavy (non-hydrogen) atoms. The summed E-state index contributed by atoms with van der Waals surface area (Å²) in [6, 6.07) is 27.4. The second-order valence-electron chi connectivity index (χ2n) is 12.1. The molecule has 0 aromatic heterocycles. The van der Waals surface area contributed by atoms with Crippen molar-refractivity contribution in [1.82, 2.24) is 5.32 Å². The predicted molar refractivity (Wildman–Crippen MR) is 187 cm³/mol. The third-order valence-electron chi connectivity index (χ3n) is 7.13. The van der Waals surface area contributed by atoms with Gasteiger partial charge in [-0.25, -0.2) is 0 Å². The molecule has 240 valence electrons. The summed E-state index contributed by atoms with van der Waals surface area (Å²) < 4.78 is 30.7. The van der Waals surface area contributed by atoms with E-state index >= 15 is 0 Å². The van der Waals surface area contributed by atoms with E-state index in [0.717, 1.165) is 27.8 Å². The van der Waals surface area contributed by atoms with Gasteiger partial charge < -0.3 is 10.6 Å². The van der Waals surface area contributed by atoms with Crippen LogP contribution in [0.25, 0.3) is 17.2 Å². The number of allylic oxidation sites excluding steroid dienone is 1. The zero-order chi connectivity index (χ0) is 33.5. The molecule has 0 spiro atoms. The van der Waals surface area contributed by atoms with Crippen LogP contribution in [-0.4, -0.2) is 37.1 Å². The number of rotatable bonds is 11. The van der Waals surface area contributed by atoms with Crippen LogP contribution in [0.2, 0.25) is 10.0 Å². The van der Waals surface area contributed by atoms with Crippen molar-refractivity contribution in [2.24, 2.45) is 5.41 Å². The fourth-order valence-electron chi connectivity index (χ4n) is 4.66. The molecule has 0 fully saturated rings. The van der Waals surface area contributed by atoms with E-state index in [1.807, 2.05) is 54.6 Å². The second kappa shape index (κ2) is 15.1. The van der Waals surface area contributed by atoms with Crippen molar-refractivity contribution in [2.75, 3.05) is 17.6 Å². The van der Waals surface area contributed by atoms with Gasteiger partial charge in [-0.15, -0.1) is 0 Å². The molecule has 3 N–H and O–H groups in total. The van der Waals surface area contributed by atoms with Crippen molar-refractivity contribution in [3.63, 3.8) is 0 Å². The third-order valence-corrected chi connectivity index (χ3v) is 8.40. The normalized spacial score (nSPS) is 12.6. The Morgan fingerprint density at radius 1 is 0.891 bits per heavy atom. The van der Waals surface area contributed by atoms with Crippen molar-refractivity contribution in [3.8, 4) is 11.1 Å². The Hall–Kier alpha value is -3.95. The molecule has 0 radical (unpaired) electrons. The van der Waals surface area contributed by atoms with Crippen molar-refractivity contribution in [2.45, 2.75) is 33.1 Å². The molecule has 0 bridgehead atoms. The van der Waals surface area contributed by atoms with Gasteiger partial charge in [0.2, 0.25) is 5.91 Å².